The summed E-state index contributed by atoms with van der Waals surface area (Å²) in [5.41, 5.74) is 0. The van der Waals surface area contributed by atoms with Gasteiger partial charge in [0.15, 0.2) is 0 Å². The molecule has 2 heterocycles. The Balaban J connectivity index is 1.54. The summed E-state index contributed by atoms with van der Waals surface area (Å²) in [7, 11) is -4.42. The second-order valence-electron chi connectivity index (χ2n) is 7.16. The summed E-state index contributed by atoms with van der Waals surface area (Å²) in [4.78, 5) is 12.1. The molecule has 28 heavy (non-hydrogen) atoms. The normalized spacial score (nSPS) is 24.1. The number of para-hydroxylation sites is 4. The number of hydrogen-bond donors (Lipinski definition) is 0. The Morgan fingerprint density at radius 2 is 1.46 bits per heavy atom. The van der Waals surface area contributed by atoms with Gasteiger partial charge in [0.25, 0.3) is 0 Å². The molecule has 0 bridgehead atoms. The standard InChI is InChI=1S/C21H21O6Si/c1-2-23-21(22)15-11-13-16(14-12-15)28(24-17-7-3-4-8-18(17)25-28)26-19-9-5-6-10-20(19)27-28/h3-10,13,15H,2,11-12,14H2,1H3/q-1. The fraction of sp³-hybridized carbons (Fsp3) is 0.286. The van der Waals surface area contributed by atoms with Crippen LogP contribution in [0.4, 0.5) is 0 Å². The number of esters is 1. The Morgan fingerprint density at radius 1 is 0.964 bits per heavy atom. The van der Waals surface area contributed by atoms with Gasteiger partial charge in [0.2, 0.25) is 0 Å². The summed E-state index contributed by atoms with van der Waals surface area (Å²) in [5.74, 6) is 2.10. The summed E-state index contributed by atoms with van der Waals surface area (Å²) in [6, 6.07) is 15.0. The van der Waals surface area contributed by atoms with Gasteiger partial charge >= 0.3 is 163 Å². The number of ether oxygens (including phenoxy) is 1. The maximum absolute atomic E-state index is 12.1. The molecular formula is C21H21O6Si-. The molecule has 1 atom stereocenters. The van der Waals surface area contributed by atoms with E-state index >= 15 is 0 Å². The first-order valence-corrected chi connectivity index (χ1v) is 11.7. The van der Waals surface area contributed by atoms with E-state index in [0.717, 1.165) is 5.20 Å². The number of rotatable bonds is 3. The average molecular weight is 397 g/mol. The van der Waals surface area contributed by atoms with Crippen LogP contribution in [0.15, 0.2) is 59.8 Å². The van der Waals surface area contributed by atoms with Gasteiger partial charge in [-0.05, 0) is 0 Å². The summed E-state index contributed by atoms with van der Waals surface area (Å²) in [6.07, 6.45) is 3.75. The predicted molar refractivity (Wildman–Crippen MR) is 103 cm³/mol. The Bertz CT molecular complexity index is 871. The molecule has 0 fully saturated rings. The van der Waals surface area contributed by atoms with Gasteiger partial charge < -0.3 is 0 Å². The number of carbonyl (C=O) groups excluding carboxylic acids is 1. The monoisotopic (exact) mass is 397 g/mol. The number of allylic oxidation sites excluding steroid dienone is 2. The third-order valence-electron chi connectivity index (χ3n) is 5.40. The molecule has 1 aliphatic carbocycles. The zero-order valence-electron chi connectivity index (χ0n) is 15.6. The SMILES string of the molecule is CCOC(=O)C1CC=C([Si-]23(Oc4ccccc4O2)Oc2ccccc2O3)CC1. The summed E-state index contributed by atoms with van der Waals surface area (Å²) in [6.45, 7) is 2.20. The van der Waals surface area contributed by atoms with Gasteiger partial charge in [0.05, 0.1) is 0 Å². The first-order valence-electron chi connectivity index (χ1n) is 9.60. The molecule has 0 aromatic heterocycles. The maximum atomic E-state index is 12.1. The molecule has 1 spiro atoms. The van der Waals surface area contributed by atoms with E-state index in [9.17, 15) is 4.79 Å². The molecule has 2 aromatic rings. The van der Waals surface area contributed by atoms with Crippen molar-refractivity contribution in [1.29, 1.82) is 0 Å². The minimum absolute atomic E-state index is 0.166. The van der Waals surface area contributed by atoms with Crippen LogP contribution in [0.25, 0.3) is 0 Å². The molecule has 0 N–H and O–H groups in total. The summed E-state index contributed by atoms with van der Waals surface area (Å²) >= 11 is 0. The third-order valence-corrected chi connectivity index (χ3v) is 9.19. The molecular weight excluding hydrogens is 376 g/mol. The van der Waals surface area contributed by atoms with Gasteiger partial charge in [0, 0.05) is 0 Å². The zero-order chi connectivity index (χ0) is 19.2. The molecule has 0 saturated carbocycles. The van der Waals surface area contributed by atoms with Gasteiger partial charge in [-0.3, -0.25) is 0 Å². The number of benzene rings is 2. The molecule has 0 saturated heterocycles. The molecule has 6 nitrogen and oxygen atoms in total. The Labute approximate surface area is 163 Å². The van der Waals surface area contributed by atoms with E-state index in [4.69, 9.17) is 22.4 Å². The summed E-state index contributed by atoms with van der Waals surface area (Å²) in [5, 5.41) is 0.855. The zero-order valence-corrected chi connectivity index (χ0v) is 16.6. The predicted octanol–water partition coefficient (Wildman–Crippen LogP) is 4.15. The van der Waals surface area contributed by atoms with Gasteiger partial charge in [-0.1, -0.05) is 0 Å². The van der Waals surface area contributed by atoms with Crippen molar-refractivity contribution in [3.8, 4) is 23.0 Å². The van der Waals surface area contributed by atoms with E-state index < -0.39 is 8.33 Å². The quantitative estimate of drug-likeness (QED) is 0.573. The molecule has 0 amide bonds. The van der Waals surface area contributed by atoms with Crippen molar-refractivity contribution in [2.45, 2.75) is 26.2 Å². The van der Waals surface area contributed by atoms with Crippen LogP contribution < -0.4 is 17.7 Å². The molecule has 1 unspecified atom stereocenters. The summed E-state index contributed by atoms with van der Waals surface area (Å²) < 4.78 is 30.8. The molecule has 146 valence electrons. The van der Waals surface area contributed by atoms with Crippen LogP contribution in [0.5, 0.6) is 23.0 Å². The van der Waals surface area contributed by atoms with Gasteiger partial charge in [-0.2, -0.15) is 0 Å². The number of hydrogen-bond acceptors (Lipinski definition) is 6. The van der Waals surface area contributed by atoms with Crippen molar-refractivity contribution >= 4 is 14.3 Å². The second-order valence-corrected chi connectivity index (χ2v) is 10.4. The Hall–Kier alpha value is -2.93. The average Bonchev–Trinajstić information content (AvgIpc) is 3.23. The molecule has 2 aliphatic heterocycles. The van der Waals surface area contributed by atoms with E-state index in [1.807, 2.05) is 61.5 Å². The van der Waals surface area contributed by atoms with Crippen LogP contribution in [0, 0.1) is 5.92 Å². The van der Waals surface area contributed by atoms with E-state index in [1.54, 1.807) is 0 Å². The van der Waals surface area contributed by atoms with Crippen LogP contribution >= 0.6 is 0 Å². The van der Waals surface area contributed by atoms with Crippen LogP contribution in [-0.2, 0) is 9.53 Å². The fourth-order valence-corrected chi connectivity index (χ4v) is 8.03. The van der Waals surface area contributed by atoms with Crippen LogP contribution in [0.3, 0.4) is 0 Å². The van der Waals surface area contributed by atoms with E-state index in [2.05, 4.69) is 0 Å². The molecule has 7 heteroatoms. The second kappa shape index (κ2) is 6.03. The van der Waals surface area contributed by atoms with Gasteiger partial charge in [-0.25, -0.2) is 0 Å². The van der Waals surface area contributed by atoms with Gasteiger partial charge in [-0.15, -0.1) is 0 Å². The Morgan fingerprint density at radius 3 is 1.86 bits per heavy atom. The third kappa shape index (κ3) is 2.42. The van der Waals surface area contributed by atoms with Crippen LogP contribution in [0.1, 0.15) is 26.2 Å². The molecule has 3 aliphatic rings. The van der Waals surface area contributed by atoms with E-state index in [0.29, 0.717) is 48.9 Å². The molecule has 5 rings (SSSR count). The topological polar surface area (TPSA) is 63.2 Å². The first kappa shape index (κ1) is 17.2. The van der Waals surface area contributed by atoms with Crippen LogP contribution in [-0.4, -0.2) is 20.9 Å². The van der Waals surface area contributed by atoms with Crippen molar-refractivity contribution in [3.05, 3.63) is 59.8 Å². The van der Waals surface area contributed by atoms with Gasteiger partial charge in [0.1, 0.15) is 0 Å². The minimum atomic E-state index is -4.42. The molecule has 0 radical (unpaired) electrons. The fourth-order valence-electron chi connectivity index (χ4n) is 4.06. The number of fused-ring (bicyclic) bond motifs is 2. The molecule has 2 aromatic carbocycles. The van der Waals surface area contributed by atoms with Crippen LogP contribution in [0.2, 0.25) is 0 Å². The van der Waals surface area contributed by atoms with Crippen molar-refractivity contribution in [2.75, 3.05) is 6.61 Å². The van der Waals surface area contributed by atoms with Crippen molar-refractivity contribution < 1.29 is 27.2 Å². The first-order chi connectivity index (χ1) is 13.6. The van der Waals surface area contributed by atoms with Crippen molar-refractivity contribution in [2.24, 2.45) is 5.92 Å². The Kier molecular flexibility index (Phi) is 3.70. The van der Waals surface area contributed by atoms with Crippen molar-refractivity contribution in [3.63, 3.8) is 0 Å². The van der Waals surface area contributed by atoms with E-state index in [1.165, 1.54) is 0 Å². The number of carbonyl (C=O) groups is 1. The van der Waals surface area contributed by atoms with Crippen molar-refractivity contribution in [1.82, 2.24) is 0 Å². The van der Waals surface area contributed by atoms with E-state index in [-0.39, 0.29) is 11.9 Å².